The van der Waals surface area contributed by atoms with Crippen molar-refractivity contribution in [3.8, 4) is 6.01 Å². The lowest BCUT2D eigenvalue weighted by molar-refractivity contribution is 0.378. The van der Waals surface area contributed by atoms with Crippen LogP contribution in [0, 0.1) is 6.92 Å². The summed E-state index contributed by atoms with van der Waals surface area (Å²) in [6.07, 6.45) is 0.580. The fraction of sp³-hybridized carbons (Fsp3) is 0.412. The van der Waals surface area contributed by atoms with Crippen LogP contribution in [0.2, 0.25) is 0 Å². The third kappa shape index (κ3) is 3.67. The minimum Gasteiger partial charge on any atom is -0.467 e. The Morgan fingerprint density at radius 1 is 1.21 bits per heavy atom. The van der Waals surface area contributed by atoms with Gasteiger partial charge >= 0.3 is 6.01 Å². The van der Waals surface area contributed by atoms with Crippen LogP contribution in [0.15, 0.2) is 36.4 Å². The van der Waals surface area contributed by atoms with E-state index < -0.39 is 9.84 Å². The molecule has 6 nitrogen and oxygen atoms in total. The zero-order chi connectivity index (χ0) is 17.2. The first kappa shape index (κ1) is 16.7. The molecule has 7 heteroatoms. The maximum atomic E-state index is 12.3. The third-order valence-corrected chi connectivity index (χ3v) is 5.86. The molecule has 0 N–H and O–H groups in total. The average Bonchev–Trinajstić information content (AvgIpc) is 2.73. The Balaban J connectivity index is 2.07. The SMILES string of the molecule is COc1nc(C)cc(N2CCCS(=O)(=O)CC2c2ccccc2)n1. The number of rotatable bonds is 3. The van der Waals surface area contributed by atoms with E-state index in [9.17, 15) is 8.42 Å². The summed E-state index contributed by atoms with van der Waals surface area (Å²) in [7, 11) is -1.57. The van der Waals surface area contributed by atoms with Crippen molar-refractivity contribution in [2.45, 2.75) is 19.4 Å². The van der Waals surface area contributed by atoms with Crippen LogP contribution >= 0.6 is 0 Å². The van der Waals surface area contributed by atoms with Gasteiger partial charge in [0.2, 0.25) is 0 Å². The maximum Gasteiger partial charge on any atom is 0.318 e. The second-order valence-corrected chi connectivity index (χ2v) is 8.17. The Morgan fingerprint density at radius 2 is 1.96 bits per heavy atom. The van der Waals surface area contributed by atoms with Gasteiger partial charge in [0, 0.05) is 18.3 Å². The molecule has 0 aliphatic carbocycles. The summed E-state index contributed by atoms with van der Waals surface area (Å²) in [5.41, 5.74) is 1.76. The Labute approximate surface area is 142 Å². The number of anilines is 1. The Bertz CT molecular complexity index is 809. The van der Waals surface area contributed by atoms with E-state index in [2.05, 4.69) is 14.9 Å². The molecule has 1 aromatic heterocycles. The molecule has 1 atom stereocenters. The molecule has 1 aliphatic heterocycles. The molecule has 0 bridgehead atoms. The van der Waals surface area contributed by atoms with Crippen molar-refractivity contribution < 1.29 is 13.2 Å². The number of ether oxygens (including phenoxy) is 1. The van der Waals surface area contributed by atoms with E-state index in [-0.39, 0.29) is 17.5 Å². The van der Waals surface area contributed by atoms with Crippen LogP contribution in [0.5, 0.6) is 6.01 Å². The normalized spacial score (nSPS) is 20.4. The number of benzene rings is 1. The fourth-order valence-corrected chi connectivity index (χ4v) is 4.60. The van der Waals surface area contributed by atoms with Crippen molar-refractivity contribution in [2.75, 3.05) is 30.1 Å². The van der Waals surface area contributed by atoms with E-state index in [0.29, 0.717) is 24.8 Å². The highest BCUT2D eigenvalue weighted by Gasteiger charge is 2.31. The minimum atomic E-state index is -3.10. The number of sulfone groups is 1. The summed E-state index contributed by atoms with van der Waals surface area (Å²) in [6, 6.07) is 11.6. The quantitative estimate of drug-likeness (QED) is 0.847. The lowest BCUT2D eigenvalue weighted by Crippen LogP contribution is -2.32. The molecule has 2 heterocycles. The highest BCUT2D eigenvalue weighted by Crippen LogP contribution is 2.31. The molecule has 24 heavy (non-hydrogen) atoms. The first-order valence-corrected chi connectivity index (χ1v) is 9.72. The van der Waals surface area contributed by atoms with Crippen LogP contribution in [0.4, 0.5) is 5.82 Å². The zero-order valence-electron chi connectivity index (χ0n) is 13.8. The second-order valence-electron chi connectivity index (χ2n) is 5.94. The molecule has 1 saturated heterocycles. The molecule has 0 amide bonds. The molecule has 3 rings (SSSR count). The number of methoxy groups -OCH3 is 1. The molecular weight excluding hydrogens is 326 g/mol. The van der Waals surface area contributed by atoms with Gasteiger partial charge in [0.05, 0.1) is 24.7 Å². The zero-order valence-corrected chi connectivity index (χ0v) is 14.7. The third-order valence-electron chi connectivity index (χ3n) is 4.12. The van der Waals surface area contributed by atoms with E-state index in [1.807, 2.05) is 43.3 Å². The molecule has 1 fully saturated rings. The van der Waals surface area contributed by atoms with Crippen LogP contribution in [-0.2, 0) is 9.84 Å². The number of hydrogen-bond donors (Lipinski definition) is 0. The Morgan fingerprint density at radius 3 is 2.67 bits per heavy atom. The Hall–Kier alpha value is -2.15. The smallest absolute Gasteiger partial charge is 0.318 e. The van der Waals surface area contributed by atoms with Crippen LogP contribution in [0.1, 0.15) is 23.7 Å². The summed E-state index contributed by atoms with van der Waals surface area (Å²) in [5, 5.41) is 0. The van der Waals surface area contributed by atoms with Gasteiger partial charge in [0.15, 0.2) is 9.84 Å². The number of hydrogen-bond acceptors (Lipinski definition) is 6. The van der Waals surface area contributed by atoms with Gasteiger partial charge in [-0.05, 0) is 18.9 Å². The van der Waals surface area contributed by atoms with Crippen molar-refractivity contribution >= 4 is 15.7 Å². The van der Waals surface area contributed by atoms with Crippen molar-refractivity contribution in [1.29, 1.82) is 0 Å². The van der Waals surface area contributed by atoms with Gasteiger partial charge in [0.1, 0.15) is 5.82 Å². The van der Waals surface area contributed by atoms with Crippen LogP contribution in [-0.4, -0.2) is 43.5 Å². The number of aromatic nitrogens is 2. The van der Waals surface area contributed by atoms with Gasteiger partial charge in [0.25, 0.3) is 0 Å². The first-order valence-electron chi connectivity index (χ1n) is 7.90. The summed E-state index contributed by atoms with van der Waals surface area (Å²) >= 11 is 0. The van der Waals surface area contributed by atoms with Crippen molar-refractivity contribution in [1.82, 2.24) is 9.97 Å². The van der Waals surface area contributed by atoms with Gasteiger partial charge in [-0.3, -0.25) is 0 Å². The van der Waals surface area contributed by atoms with Gasteiger partial charge in [-0.1, -0.05) is 30.3 Å². The fourth-order valence-electron chi connectivity index (χ4n) is 3.01. The maximum absolute atomic E-state index is 12.3. The van der Waals surface area contributed by atoms with Crippen LogP contribution < -0.4 is 9.64 Å². The van der Waals surface area contributed by atoms with Crippen LogP contribution in [0.3, 0.4) is 0 Å². The number of nitrogens with zero attached hydrogens (tertiary/aromatic N) is 3. The highest BCUT2D eigenvalue weighted by atomic mass is 32.2. The predicted molar refractivity (Wildman–Crippen MR) is 93.1 cm³/mol. The molecular formula is C17H21N3O3S. The molecule has 128 valence electrons. The molecule has 0 spiro atoms. The van der Waals surface area contributed by atoms with Crippen molar-refractivity contribution in [3.63, 3.8) is 0 Å². The second kappa shape index (κ2) is 6.76. The summed E-state index contributed by atoms with van der Waals surface area (Å²) < 4.78 is 29.8. The first-order chi connectivity index (χ1) is 11.5. The van der Waals surface area contributed by atoms with E-state index in [1.165, 1.54) is 7.11 Å². The average molecular weight is 347 g/mol. The molecule has 2 aromatic rings. The van der Waals surface area contributed by atoms with Gasteiger partial charge in [-0.2, -0.15) is 4.98 Å². The molecule has 1 aliphatic rings. The topological polar surface area (TPSA) is 72.4 Å². The monoisotopic (exact) mass is 347 g/mol. The van der Waals surface area contributed by atoms with E-state index in [1.54, 1.807) is 0 Å². The van der Waals surface area contributed by atoms with E-state index in [4.69, 9.17) is 4.74 Å². The van der Waals surface area contributed by atoms with Crippen LogP contribution in [0.25, 0.3) is 0 Å². The Kier molecular flexibility index (Phi) is 4.71. The lowest BCUT2D eigenvalue weighted by atomic mass is 10.1. The lowest BCUT2D eigenvalue weighted by Gasteiger charge is -2.31. The van der Waals surface area contributed by atoms with Gasteiger partial charge in [-0.15, -0.1) is 0 Å². The minimum absolute atomic E-state index is 0.0857. The molecule has 1 unspecified atom stereocenters. The standard InChI is InChI=1S/C17H21N3O3S/c1-13-11-16(19-17(18-13)23-2)20-9-6-10-24(21,22)12-15(20)14-7-4-3-5-8-14/h3-5,7-8,11,15H,6,9-10,12H2,1-2H3. The van der Waals surface area contributed by atoms with E-state index >= 15 is 0 Å². The van der Waals surface area contributed by atoms with Gasteiger partial charge in [-0.25, -0.2) is 13.4 Å². The largest absolute Gasteiger partial charge is 0.467 e. The number of aryl methyl sites for hydroxylation is 1. The van der Waals surface area contributed by atoms with E-state index in [0.717, 1.165) is 11.3 Å². The summed E-state index contributed by atoms with van der Waals surface area (Å²) in [6.45, 7) is 2.50. The van der Waals surface area contributed by atoms with Crippen molar-refractivity contribution in [2.24, 2.45) is 0 Å². The van der Waals surface area contributed by atoms with Crippen molar-refractivity contribution in [3.05, 3.63) is 47.7 Å². The summed E-state index contributed by atoms with van der Waals surface area (Å²) in [4.78, 5) is 10.7. The highest BCUT2D eigenvalue weighted by molar-refractivity contribution is 7.91. The molecule has 0 radical (unpaired) electrons. The molecule has 1 aromatic carbocycles. The summed E-state index contributed by atoms with van der Waals surface area (Å²) in [5.74, 6) is 0.987. The predicted octanol–water partition coefficient (Wildman–Crippen LogP) is 2.16. The molecule has 0 saturated carbocycles. The van der Waals surface area contributed by atoms with Gasteiger partial charge < -0.3 is 9.64 Å².